The van der Waals surface area contributed by atoms with Crippen molar-refractivity contribution < 1.29 is 23.9 Å². The summed E-state index contributed by atoms with van der Waals surface area (Å²) >= 11 is 6.90. The Bertz CT molecular complexity index is 1120. The van der Waals surface area contributed by atoms with Crippen molar-refractivity contribution in [3.63, 3.8) is 0 Å². The topological polar surface area (TPSA) is 99.5 Å². The average Bonchev–Trinajstić information content (AvgIpc) is 3.32. The maximum absolute atomic E-state index is 12.9. The van der Waals surface area contributed by atoms with Crippen LogP contribution in [0.2, 0.25) is 5.02 Å². The number of carbonyl (C=O) groups excluding carboxylic acids is 3. The van der Waals surface area contributed by atoms with Gasteiger partial charge < -0.3 is 14.8 Å². The van der Waals surface area contributed by atoms with E-state index < -0.39 is 11.9 Å². The van der Waals surface area contributed by atoms with Gasteiger partial charge in [-0.25, -0.2) is 9.48 Å². The Morgan fingerprint density at radius 2 is 1.90 bits per heavy atom. The first-order chi connectivity index (χ1) is 14.8. The number of esters is 1. The van der Waals surface area contributed by atoms with E-state index in [1.807, 2.05) is 0 Å². The SMILES string of the molecule is CCOC(=O)c1c(NC(=O)c2ccnn2COc2ccc(Cl)cc2)sc(C(C)=O)c1C. The smallest absolute Gasteiger partial charge is 0.341 e. The van der Waals surface area contributed by atoms with Gasteiger partial charge in [0.05, 0.1) is 17.0 Å². The third kappa shape index (κ3) is 5.12. The molecule has 0 aliphatic carbocycles. The monoisotopic (exact) mass is 461 g/mol. The predicted octanol–water partition coefficient (Wildman–Crippen LogP) is 4.57. The van der Waals surface area contributed by atoms with Gasteiger partial charge in [-0.05, 0) is 56.7 Å². The number of hydrogen-bond donors (Lipinski definition) is 1. The molecular formula is C21H20ClN3O5S. The summed E-state index contributed by atoms with van der Waals surface area (Å²) in [5, 5.41) is 7.65. The number of thiophene rings is 1. The van der Waals surface area contributed by atoms with Gasteiger partial charge in [0.25, 0.3) is 5.91 Å². The van der Waals surface area contributed by atoms with Crippen molar-refractivity contribution in [3.8, 4) is 5.75 Å². The molecule has 0 fully saturated rings. The van der Waals surface area contributed by atoms with Crippen molar-refractivity contribution in [2.45, 2.75) is 27.5 Å². The molecule has 0 saturated carbocycles. The number of nitrogens with one attached hydrogen (secondary N) is 1. The second kappa shape index (κ2) is 9.76. The molecule has 0 aliphatic rings. The molecule has 1 N–H and O–H groups in total. The van der Waals surface area contributed by atoms with Crippen LogP contribution in [0.4, 0.5) is 5.00 Å². The summed E-state index contributed by atoms with van der Waals surface area (Å²) < 4.78 is 12.1. The molecule has 0 bridgehead atoms. The van der Waals surface area contributed by atoms with Gasteiger partial charge in [0, 0.05) is 11.2 Å². The van der Waals surface area contributed by atoms with Crippen molar-refractivity contribution in [2.24, 2.45) is 0 Å². The second-order valence-electron chi connectivity index (χ2n) is 6.43. The van der Waals surface area contributed by atoms with Crippen molar-refractivity contribution >= 4 is 45.6 Å². The molecule has 0 aliphatic heterocycles. The molecular weight excluding hydrogens is 442 g/mol. The quantitative estimate of drug-likeness (QED) is 0.389. The van der Waals surface area contributed by atoms with Crippen LogP contribution < -0.4 is 10.1 Å². The number of Topliss-reactive ketones (excluding diaryl/α,β-unsaturated/α-hetero) is 1. The molecule has 0 spiro atoms. The van der Waals surface area contributed by atoms with Crippen molar-refractivity contribution in [2.75, 3.05) is 11.9 Å². The van der Waals surface area contributed by atoms with Gasteiger partial charge in [-0.3, -0.25) is 9.59 Å². The summed E-state index contributed by atoms with van der Waals surface area (Å²) in [7, 11) is 0. The number of aromatic nitrogens is 2. The molecule has 2 aromatic heterocycles. The average molecular weight is 462 g/mol. The number of ketones is 1. The Morgan fingerprint density at radius 1 is 1.19 bits per heavy atom. The summed E-state index contributed by atoms with van der Waals surface area (Å²) in [6, 6.07) is 8.31. The molecule has 31 heavy (non-hydrogen) atoms. The van der Waals surface area contributed by atoms with Crippen LogP contribution in [0.5, 0.6) is 5.75 Å². The van der Waals surface area contributed by atoms with Gasteiger partial charge >= 0.3 is 5.97 Å². The lowest BCUT2D eigenvalue weighted by atomic mass is 10.1. The Balaban J connectivity index is 1.81. The van der Waals surface area contributed by atoms with E-state index in [0.717, 1.165) is 11.3 Å². The molecule has 162 valence electrons. The normalized spacial score (nSPS) is 10.6. The first kappa shape index (κ1) is 22.5. The molecule has 2 heterocycles. The number of carbonyl (C=O) groups is 3. The van der Waals surface area contributed by atoms with Crippen molar-refractivity contribution in [3.05, 3.63) is 63.2 Å². The van der Waals surface area contributed by atoms with Crippen LogP contribution in [0.25, 0.3) is 0 Å². The van der Waals surface area contributed by atoms with Crippen LogP contribution in [0, 0.1) is 6.92 Å². The number of ether oxygens (including phenoxy) is 2. The van der Waals surface area contributed by atoms with Crippen LogP contribution >= 0.6 is 22.9 Å². The zero-order chi connectivity index (χ0) is 22.5. The molecule has 1 aromatic carbocycles. The van der Waals surface area contributed by atoms with E-state index in [-0.39, 0.29) is 35.4 Å². The van der Waals surface area contributed by atoms with Gasteiger partial charge in [-0.1, -0.05) is 11.6 Å². The molecule has 3 aromatic rings. The van der Waals surface area contributed by atoms with E-state index in [1.165, 1.54) is 23.9 Å². The molecule has 0 radical (unpaired) electrons. The fourth-order valence-corrected chi connectivity index (χ4v) is 4.06. The molecule has 10 heteroatoms. The minimum absolute atomic E-state index is 0.00964. The maximum Gasteiger partial charge on any atom is 0.341 e. The van der Waals surface area contributed by atoms with E-state index in [9.17, 15) is 14.4 Å². The lowest BCUT2D eigenvalue weighted by Crippen LogP contribution is -2.20. The first-order valence-corrected chi connectivity index (χ1v) is 10.5. The van der Waals surface area contributed by atoms with Crippen molar-refractivity contribution in [1.29, 1.82) is 0 Å². The van der Waals surface area contributed by atoms with Crippen LogP contribution in [0.1, 0.15) is 49.9 Å². The zero-order valence-electron chi connectivity index (χ0n) is 17.1. The highest BCUT2D eigenvalue weighted by molar-refractivity contribution is 7.18. The van der Waals surface area contributed by atoms with Crippen molar-refractivity contribution in [1.82, 2.24) is 9.78 Å². The van der Waals surface area contributed by atoms with E-state index in [0.29, 0.717) is 21.2 Å². The van der Waals surface area contributed by atoms with Crippen LogP contribution in [-0.4, -0.2) is 34.0 Å². The van der Waals surface area contributed by atoms with Gasteiger partial charge in [-0.2, -0.15) is 5.10 Å². The number of benzene rings is 1. The van der Waals surface area contributed by atoms with Gasteiger partial charge in [0.15, 0.2) is 12.5 Å². The Kier molecular flexibility index (Phi) is 7.09. The van der Waals surface area contributed by atoms with Gasteiger partial charge in [0.1, 0.15) is 16.4 Å². The standard InChI is InChI=1S/C21H20ClN3O5S/c1-4-29-21(28)17-12(2)18(13(3)26)31-20(17)24-19(27)16-9-10-23-25(16)11-30-15-7-5-14(22)6-8-15/h5-10H,4,11H2,1-3H3,(H,24,27). The van der Waals surface area contributed by atoms with E-state index >= 15 is 0 Å². The number of amides is 1. The minimum Gasteiger partial charge on any atom is -0.471 e. The summed E-state index contributed by atoms with van der Waals surface area (Å²) in [6.45, 7) is 4.90. The second-order valence-corrected chi connectivity index (χ2v) is 7.89. The highest BCUT2D eigenvalue weighted by Crippen LogP contribution is 2.34. The fourth-order valence-electron chi connectivity index (χ4n) is 2.85. The third-order valence-corrected chi connectivity index (χ3v) is 5.85. The summed E-state index contributed by atoms with van der Waals surface area (Å²) in [4.78, 5) is 37.6. The largest absolute Gasteiger partial charge is 0.471 e. The predicted molar refractivity (Wildman–Crippen MR) is 117 cm³/mol. The molecule has 8 nitrogen and oxygen atoms in total. The van der Waals surface area contributed by atoms with E-state index in [2.05, 4.69) is 10.4 Å². The minimum atomic E-state index is -0.598. The number of rotatable bonds is 8. The Labute approximate surface area is 187 Å². The Morgan fingerprint density at radius 3 is 2.55 bits per heavy atom. The summed E-state index contributed by atoms with van der Waals surface area (Å²) in [5.41, 5.74) is 0.874. The number of nitrogens with zero attached hydrogens (tertiary/aromatic N) is 2. The van der Waals surface area contributed by atoms with Crippen LogP contribution in [-0.2, 0) is 11.5 Å². The fraction of sp³-hybridized carbons (Fsp3) is 0.238. The molecule has 0 saturated heterocycles. The lowest BCUT2D eigenvalue weighted by molar-refractivity contribution is 0.0527. The van der Waals surface area contributed by atoms with Crippen LogP contribution in [0.15, 0.2) is 36.5 Å². The molecule has 0 atom stereocenters. The first-order valence-electron chi connectivity index (χ1n) is 9.34. The number of hydrogen-bond acceptors (Lipinski definition) is 7. The highest BCUT2D eigenvalue weighted by Gasteiger charge is 2.26. The van der Waals surface area contributed by atoms with Gasteiger partial charge in [0.2, 0.25) is 0 Å². The summed E-state index contributed by atoms with van der Waals surface area (Å²) in [5.74, 6) is -0.733. The molecule has 0 unspecified atom stereocenters. The summed E-state index contributed by atoms with van der Waals surface area (Å²) in [6.07, 6.45) is 1.47. The van der Waals surface area contributed by atoms with E-state index in [4.69, 9.17) is 21.1 Å². The highest BCUT2D eigenvalue weighted by atomic mass is 35.5. The number of halogens is 1. The molecule has 3 rings (SSSR count). The maximum atomic E-state index is 12.9. The van der Waals surface area contributed by atoms with E-state index in [1.54, 1.807) is 38.1 Å². The zero-order valence-corrected chi connectivity index (χ0v) is 18.7. The van der Waals surface area contributed by atoms with Crippen LogP contribution in [0.3, 0.4) is 0 Å². The Hall–Kier alpha value is -3.17. The number of anilines is 1. The lowest BCUT2D eigenvalue weighted by Gasteiger charge is -2.10. The third-order valence-electron chi connectivity index (χ3n) is 4.29. The molecule has 1 amide bonds. The van der Waals surface area contributed by atoms with Gasteiger partial charge in [-0.15, -0.1) is 11.3 Å².